The van der Waals surface area contributed by atoms with Gasteiger partial charge >= 0.3 is 12.3 Å². The van der Waals surface area contributed by atoms with E-state index in [1.54, 1.807) is 11.3 Å². The van der Waals surface area contributed by atoms with Crippen molar-refractivity contribution in [3.8, 4) is 0 Å². The van der Waals surface area contributed by atoms with Gasteiger partial charge in [-0.3, -0.25) is 0 Å². The van der Waals surface area contributed by atoms with Gasteiger partial charge in [0.25, 0.3) is 0 Å². The second-order valence-electron chi connectivity index (χ2n) is 4.19. The van der Waals surface area contributed by atoms with Gasteiger partial charge in [-0.05, 0) is 36.3 Å². The van der Waals surface area contributed by atoms with Crippen molar-refractivity contribution in [2.75, 3.05) is 6.54 Å². The molecular weight excluding hydrogens is 254 g/mol. The molecule has 1 aromatic rings. The third-order valence-corrected chi connectivity index (χ3v) is 3.95. The highest BCUT2D eigenvalue weighted by molar-refractivity contribution is 7.10. The van der Waals surface area contributed by atoms with Crippen LogP contribution < -0.4 is 5.32 Å². The summed E-state index contributed by atoms with van der Waals surface area (Å²) in [6, 6.07) is 1.67. The van der Waals surface area contributed by atoms with Gasteiger partial charge < -0.3 is 5.32 Å². The van der Waals surface area contributed by atoms with Crippen LogP contribution in [0, 0.1) is 0 Å². The second kappa shape index (κ2) is 4.94. The predicted octanol–water partition coefficient (Wildman–Crippen LogP) is 3.62. The van der Waals surface area contributed by atoms with E-state index in [2.05, 4.69) is 5.32 Å². The summed E-state index contributed by atoms with van der Waals surface area (Å²) in [6.45, 7) is -0.968. The number of rotatable bonds is 4. The number of aryl methyl sites for hydroxylation is 1. The minimum Gasteiger partial charge on any atom is -0.304 e. The van der Waals surface area contributed by atoms with Crippen molar-refractivity contribution in [1.29, 1.82) is 0 Å². The van der Waals surface area contributed by atoms with Crippen molar-refractivity contribution >= 4 is 11.3 Å². The SMILES string of the molecule is FC(F)C(F)(F)CNC1CCCc2sccc21. The fourth-order valence-corrected chi connectivity index (χ4v) is 3.02. The lowest BCUT2D eigenvalue weighted by atomic mass is 9.94. The first-order chi connectivity index (χ1) is 8.00. The van der Waals surface area contributed by atoms with Crippen molar-refractivity contribution in [2.45, 2.75) is 37.7 Å². The predicted molar refractivity (Wildman–Crippen MR) is 59.0 cm³/mol. The van der Waals surface area contributed by atoms with E-state index >= 15 is 0 Å². The molecule has 1 N–H and O–H groups in total. The summed E-state index contributed by atoms with van der Waals surface area (Å²) in [4.78, 5) is 1.18. The number of nitrogens with one attached hydrogen (secondary N) is 1. The van der Waals surface area contributed by atoms with E-state index in [1.165, 1.54) is 4.88 Å². The highest BCUT2D eigenvalue weighted by atomic mass is 32.1. The van der Waals surface area contributed by atoms with Crippen LogP contribution in [-0.2, 0) is 6.42 Å². The van der Waals surface area contributed by atoms with Crippen molar-refractivity contribution in [3.05, 3.63) is 21.9 Å². The van der Waals surface area contributed by atoms with E-state index < -0.39 is 18.9 Å². The Morgan fingerprint density at radius 1 is 1.47 bits per heavy atom. The number of thiophene rings is 1. The average Bonchev–Trinajstić information content (AvgIpc) is 2.74. The summed E-state index contributed by atoms with van der Waals surface area (Å²) in [7, 11) is 0. The molecule has 0 spiro atoms. The lowest BCUT2D eigenvalue weighted by Gasteiger charge is -2.26. The van der Waals surface area contributed by atoms with Gasteiger partial charge in [0.1, 0.15) is 0 Å². The van der Waals surface area contributed by atoms with Crippen LogP contribution in [0.3, 0.4) is 0 Å². The molecular formula is C11H13F4NS. The van der Waals surface area contributed by atoms with Crippen molar-refractivity contribution < 1.29 is 17.6 Å². The fourth-order valence-electron chi connectivity index (χ4n) is 2.03. The van der Waals surface area contributed by atoms with Crippen LogP contribution in [-0.4, -0.2) is 18.9 Å². The van der Waals surface area contributed by atoms with Crippen LogP contribution in [0.4, 0.5) is 17.6 Å². The molecule has 1 unspecified atom stereocenters. The van der Waals surface area contributed by atoms with Crippen LogP contribution >= 0.6 is 11.3 Å². The van der Waals surface area contributed by atoms with E-state index in [0.29, 0.717) is 0 Å². The Labute approximate surface area is 101 Å². The molecule has 0 amide bonds. The summed E-state index contributed by atoms with van der Waals surface area (Å²) in [5.74, 6) is -3.95. The van der Waals surface area contributed by atoms with E-state index in [-0.39, 0.29) is 6.04 Å². The molecule has 96 valence electrons. The monoisotopic (exact) mass is 267 g/mol. The van der Waals surface area contributed by atoms with Gasteiger partial charge in [-0.2, -0.15) is 8.78 Å². The summed E-state index contributed by atoms with van der Waals surface area (Å²) >= 11 is 1.59. The maximum absolute atomic E-state index is 12.8. The molecule has 0 radical (unpaired) electrons. The van der Waals surface area contributed by atoms with E-state index in [0.717, 1.165) is 24.8 Å². The van der Waals surface area contributed by atoms with Gasteiger partial charge in [0, 0.05) is 10.9 Å². The van der Waals surface area contributed by atoms with Gasteiger partial charge in [0.2, 0.25) is 0 Å². The van der Waals surface area contributed by atoms with E-state index in [1.807, 2.05) is 11.4 Å². The first-order valence-corrected chi connectivity index (χ1v) is 6.34. The number of hydrogen-bond donors (Lipinski definition) is 1. The van der Waals surface area contributed by atoms with Crippen LogP contribution in [0.25, 0.3) is 0 Å². The zero-order valence-corrected chi connectivity index (χ0v) is 9.87. The van der Waals surface area contributed by atoms with Gasteiger partial charge in [0.15, 0.2) is 0 Å². The van der Waals surface area contributed by atoms with E-state index in [9.17, 15) is 17.6 Å². The average molecular weight is 267 g/mol. The zero-order chi connectivity index (χ0) is 12.5. The Morgan fingerprint density at radius 2 is 2.24 bits per heavy atom. The fraction of sp³-hybridized carbons (Fsp3) is 0.636. The first-order valence-electron chi connectivity index (χ1n) is 5.46. The van der Waals surface area contributed by atoms with Crippen LogP contribution in [0.15, 0.2) is 11.4 Å². The van der Waals surface area contributed by atoms with Crippen LogP contribution in [0.1, 0.15) is 29.3 Å². The number of hydrogen-bond acceptors (Lipinski definition) is 2. The zero-order valence-electron chi connectivity index (χ0n) is 9.06. The number of fused-ring (bicyclic) bond motifs is 1. The first kappa shape index (κ1) is 12.8. The summed E-state index contributed by atoms with van der Waals surface area (Å²) in [5.41, 5.74) is 0.992. The maximum atomic E-state index is 12.8. The van der Waals surface area contributed by atoms with Gasteiger partial charge in [-0.1, -0.05) is 0 Å². The van der Waals surface area contributed by atoms with Gasteiger partial charge in [-0.25, -0.2) is 8.78 Å². The normalized spacial score (nSPS) is 20.6. The lowest BCUT2D eigenvalue weighted by Crippen LogP contribution is -2.40. The highest BCUT2D eigenvalue weighted by Gasteiger charge is 2.41. The molecule has 1 aliphatic carbocycles. The van der Waals surface area contributed by atoms with Crippen LogP contribution in [0.5, 0.6) is 0 Å². The minimum atomic E-state index is -3.95. The van der Waals surface area contributed by atoms with Crippen molar-refractivity contribution in [2.24, 2.45) is 0 Å². The molecule has 0 aromatic carbocycles. The molecule has 6 heteroatoms. The Hall–Kier alpha value is -0.620. The standard InChI is InChI=1S/C11H13F4NS/c12-10(13)11(14,15)6-16-8-2-1-3-9-7(8)4-5-17-9/h4-5,8,10,16H,1-3,6H2. The molecule has 1 atom stereocenters. The lowest BCUT2D eigenvalue weighted by molar-refractivity contribution is -0.126. The van der Waals surface area contributed by atoms with Crippen molar-refractivity contribution in [3.63, 3.8) is 0 Å². The molecule has 1 aromatic heterocycles. The second-order valence-corrected chi connectivity index (χ2v) is 5.19. The quantitative estimate of drug-likeness (QED) is 0.822. The van der Waals surface area contributed by atoms with E-state index in [4.69, 9.17) is 0 Å². The van der Waals surface area contributed by atoms with Crippen molar-refractivity contribution in [1.82, 2.24) is 5.32 Å². The molecule has 1 aliphatic rings. The third-order valence-electron chi connectivity index (χ3n) is 2.96. The molecule has 1 heterocycles. The Bertz CT molecular complexity index is 377. The Morgan fingerprint density at radius 3 is 2.94 bits per heavy atom. The molecule has 17 heavy (non-hydrogen) atoms. The summed E-state index contributed by atoms with van der Waals surface area (Å²) in [5, 5.41) is 4.47. The molecule has 0 saturated carbocycles. The molecule has 0 bridgehead atoms. The molecule has 0 saturated heterocycles. The van der Waals surface area contributed by atoms with Crippen LogP contribution in [0.2, 0.25) is 0 Å². The largest absolute Gasteiger partial charge is 0.319 e. The molecule has 1 nitrogen and oxygen atoms in total. The Balaban J connectivity index is 1.98. The Kier molecular flexibility index (Phi) is 3.73. The molecule has 0 aliphatic heterocycles. The number of alkyl halides is 4. The van der Waals surface area contributed by atoms with Gasteiger partial charge in [0.05, 0.1) is 6.54 Å². The topological polar surface area (TPSA) is 12.0 Å². The minimum absolute atomic E-state index is 0.213. The summed E-state index contributed by atoms with van der Waals surface area (Å²) in [6.07, 6.45) is -1.02. The molecule has 2 rings (SSSR count). The number of halogens is 4. The van der Waals surface area contributed by atoms with Gasteiger partial charge in [-0.15, -0.1) is 11.3 Å². The maximum Gasteiger partial charge on any atom is 0.319 e. The smallest absolute Gasteiger partial charge is 0.304 e. The highest BCUT2D eigenvalue weighted by Crippen LogP contribution is 2.34. The third kappa shape index (κ3) is 2.80. The molecule has 0 fully saturated rings. The summed E-state index contributed by atoms with van der Waals surface area (Å²) < 4.78 is 49.6.